The molecule has 0 nitrogen and oxygen atoms in total. The first-order valence-electron chi connectivity index (χ1n) is 2.69. The molecule has 7 heavy (non-hydrogen) atoms. The fourth-order valence-corrected chi connectivity index (χ4v) is 1.12. The maximum Gasteiger partial charge on any atom is 0.0308 e. The second-order valence-corrected chi connectivity index (χ2v) is 2.95. The molecule has 0 aromatic rings. The van der Waals surface area contributed by atoms with Crippen LogP contribution in [0.25, 0.3) is 0 Å². The van der Waals surface area contributed by atoms with Crippen LogP contribution in [0.5, 0.6) is 0 Å². The molecule has 0 spiro atoms. The highest BCUT2D eigenvalue weighted by Crippen LogP contribution is 2.17. The molecular weight excluding hydrogens is 126 g/mol. The van der Waals surface area contributed by atoms with Gasteiger partial charge in [0.25, 0.3) is 0 Å². The standard InChI is InChI=1S/C5H11ClP/c1-2-3-4-5-7-6/h2-5H2,1H3. The first-order valence-corrected chi connectivity index (χ1v) is 4.68. The van der Waals surface area contributed by atoms with Crippen LogP contribution in [0.2, 0.25) is 0 Å². The van der Waals surface area contributed by atoms with Gasteiger partial charge in [-0.05, 0) is 12.6 Å². The van der Waals surface area contributed by atoms with E-state index in [1.54, 1.807) is 0 Å². The van der Waals surface area contributed by atoms with Crippen LogP contribution in [-0.2, 0) is 0 Å². The Hall–Kier alpha value is 0.720. The quantitative estimate of drug-likeness (QED) is 0.412. The van der Waals surface area contributed by atoms with Gasteiger partial charge in [-0.1, -0.05) is 31.0 Å². The van der Waals surface area contributed by atoms with E-state index in [0.29, 0.717) is 0 Å². The Morgan fingerprint density at radius 2 is 2.14 bits per heavy atom. The SMILES string of the molecule is CCCCC[P]Cl. The van der Waals surface area contributed by atoms with E-state index >= 15 is 0 Å². The summed E-state index contributed by atoms with van der Waals surface area (Å²) in [5.41, 5.74) is 0. The van der Waals surface area contributed by atoms with E-state index in [9.17, 15) is 0 Å². The van der Waals surface area contributed by atoms with E-state index in [0.717, 1.165) is 14.1 Å². The Labute approximate surface area is 52.2 Å². The van der Waals surface area contributed by atoms with Crippen LogP contribution in [0.4, 0.5) is 0 Å². The van der Waals surface area contributed by atoms with Crippen LogP contribution in [0.15, 0.2) is 0 Å². The number of rotatable bonds is 4. The molecule has 0 aromatic carbocycles. The van der Waals surface area contributed by atoms with Crippen molar-refractivity contribution < 1.29 is 0 Å². The summed E-state index contributed by atoms with van der Waals surface area (Å²) < 4.78 is 0. The smallest absolute Gasteiger partial charge is 0.0308 e. The Morgan fingerprint density at radius 1 is 1.43 bits per heavy atom. The van der Waals surface area contributed by atoms with Gasteiger partial charge in [0.2, 0.25) is 0 Å². The third-order valence-corrected chi connectivity index (χ3v) is 1.84. The van der Waals surface area contributed by atoms with Crippen LogP contribution in [0.1, 0.15) is 26.2 Å². The summed E-state index contributed by atoms with van der Waals surface area (Å²) in [4.78, 5) is 0. The zero-order valence-electron chi connectivity index (χ0n) is 4.65. The molecule has 0 amide bonds. The summed E-state index contributed by atoms with van der Waals surface area (Å²) in [7, 11) is 1.03. The lowest BCUT2D eigenvalue weighted by Gasteiger charge is -1.88. The number of unbranched alkanes of at least 4 members (excludes halogenated alkanes) is 2. The van der Waals surface area contributed by atoms with Crippen LogP contribution in [-0.4, -0.2) is 6.16 Å². The Balaban J connectivity index is 2.45. The van der Waals surface area contributed by atoms with Crippen LogP contribution in [0, 0.1) is 0 Å². The minimum Gasteiger partial charge on any atom is -0.0901 e. The number of halogens is 1. The van der Waals surface area contributed by atoms with Crippen molar-refractivity contribution >= 4 is 19.2 Å². The molecule has 0 rings (SSSR count). The van der Waals surface area contributed by atoms with E-state index in [1.807, 2.05) is 0 Å². The van der Waals surface area contributed by atoms with Crippen molar-refractivity contribution in [3.63, 3.8) is 0 Å². The van der Waals surface area contributed by atoms with Crippen LogP contribution in [0.3, 0.4) is 0 Å². The third kappa shape index (κ3) is 6.72. The molecule has 0 atom stereocenters. The van der Waals surface area contributed by atoms with Crippen molar-refractivity contribution in [1.82, 2.24) is 0 Å². The molecule has 0 unspecified atom stereocenters. The summed E-state index contributed by atoms with van der Waals surface area (Å²) in [6.45, 7) is 2.20. The summed E-state index contributed by atoms with van der Waals surface area (Å²) in [6.07, 6.45) is 5.09. The normalized spacial score (nSPS) is 11.1. The van der Waals surface area contributed by atoms with Gasteiger partial charge in [-0.3, -0.25) is 0 Å². The summed E-state index contributed by atoms with van der Waals surface area (Å²) in [6, 6.07) is 0. The van der Waals surface area contributed by atoms with E-state index in [2.05, 4.69) is 6.92 Å². The van der Waals surface area contributed by atoms with Crippen LogP contribution >= 0.6 is 19.2 Å². The maximum atomic E-state index is 5.41. The second kappa shape index (κ2) is 6.72. The molecule has 0 fully saturated rings. The fourth-order valence-electron chi connectivity index (χ4n) is 0.422. The van der Waals surface area contributed by atoms with E-state index in [1.165, 1.54) is 19.3 Å². The van der Waals surface area contributed by atoms with Crippen molar-refractivity contribution in [2.75, 3.05) is 6.16 Å². The number of hydrogen-bond donors (Lipinski definition) is 0. The predicted molar refractivity (Wildman–Crippen MR) is 37.2 cm³/mol. The summed E-state index contributed by atoms with van der Waals surface area (Å²) in [5.74, 6) is 0. The van der Waals surface area contributed by atoms with E-state index in [4.69, 9.17) is 11.2 Å². The lowest BCUT2D eigenvalue weighted by atomic mass is 10.3. The number of hydrogen-bond acceptors (Lipinski definition) is 0. The van der Waals surface area contributed by atoms with Crippen molar-refractivity contribution in [2.45, 2.75) is 26.2 Å². The van der Waals surface area contributed by atoms with Gasteiger partial charge in [0.15, 0.2) is 0 Å². The topological polar surface area (TPSA) is 0 Å². The molecule has 0 saturated heterocycles. The predicted octanol–water partition coefficient (Wildman–Crippen LogP) is 3.28. The summed E-state index contributed by atoms with van der Waals surface area (Å²) in [5, 5.41) is 0. The van der Waals surface area contributed by atoms with Crippen molar-refractivity contribution in [3.8, 4) is 0 Å². The molecular formula is C5H11ClP. The van der Waals surface area contributed by atoms with Gasteiger partial charge in [0, 0.05) is 7.93 Å². The summed E-state index contributed by atoms with van der Waals surface area (Å²) >= 11 is 5.41. The van der Waals surface area contributed by atoms with Gasteiger partial charge in [-0.25, -0.2) is 0 Å². The highest BCUT2D eigenvalue weighted by Gasteiger charge is 1.82. The van der Waals surface area contributed by atoms with Crippen molar-refractivity contribution in [1.29, 1.82) is 0 Å². The highest BCUT2D eigenvalue weighted by atomic mass is 35.7. The first-order chi connectivity index (χ1) is 3.41. The Morgan fingerprint density at radius 3 is 2.57 bits per heavy atom. The Kier molecular flexibility index (Phi) is 7.41. The Bertz CT molecular complexity index is 27.3. The molecule has 0 N–H and O–H groups in total. The van der Waals surface area contributed by atoms with Crippen molar-refractivity contribution in [2.24, 2.45) is 0 Å². The second-order valence-electron chi connectivity index (χ2n) is 1.55. The lowest BCUT2D eigenvalue weighted by Crippen LogP contribution is -1.71. The highest BCUT2D eigenvalue weighted by molar-refractivity contribution is 7.68. The molecule has 2 heteroatoms. The van der Waals surface area contributed by atoms with Crippen molar-refractivity contribution in [3.05, 3.63) is 0 Å². The monoisotopic (exact) mass is 137 g/mol. The fraction of sp³-hybridized carbons (Fsp3) is 1.00. The molecule has 0 aromatic heterocycles. The minimum absolute atomic E-state index is 1.03. The molecule has 0 heterocycles. The van der Waals surface area contributed by atoms with Gasteiger partial charge in [0.1, 0.15) is 0 Å². The molecule has 0 aliphatic rings. The molecule has 0 saturated carbocycles. The molecule has 0 aliphatic heterocycles. The molecule has 43 valence electrons. The molecule has 0 bridgehead atoms. The largest absolute Gasteiger partial charge is 0.0901 e. The van der Waals surface area contributed by atoms with Gasteiger partial charge >= 0.3 is 0 Å². The first kappa shape index (κ1) is 7.72. The zero-order valence-corrected chi connectivity index (χ0v) is 6.30. The van der Waals surface area contributed by atoms with Crippen LogP contribution < -0.4 is 0 Å². The van der Waals surface area contributed by atoms with Gasteiger partial charge in [-0.15, -0.1) is 0 Å². The third-order valence-electron chi connectivity index (χ3n) is 0.846. The van der Waals surface area contributed by atoms with E-state index < -0.39 is 0 Å². The zero-order chi connectivity index (χ0) is 5.54. The molecule has 0 aliphatic carbocycles. The van der Waals surface area contributed by atoms with E-state index in [-0.39, 0.29) is 0 Å². The molecule has 1 radical (unpaired) electrons. The minimum atomic E-state index is 1.03. The van der Waals surface area contributed by atoms with Gasteiger partial charge < -0.3 is 0 Å². The van der Waals surface area contributed by atoms with Gasteiger partial charge in [-0.2, -0.15) is 0 Å². The van der Waals surface area contributed by atoms with Gasteiger partial charge in [0.05, 0.1) is 0 Å². The maximum absolute atomic E-state index is 5.41. The average Bonchev–Trinajstić information content (AvgIpc) is 1.69. The average molecular weight is 138 g/mol. The lowest BCUT2D eigenvalue weighted by molar-refractivity contribution is 0.778.